The number of aromatic nitrogens is 4. The van der Waals surface area contributed by atoms with Gasteiger partial charge in [-0.25, -0.2) is 0 Å². The van der Waals surface area contributed by atoms with Crippen LogP contribution in [0, 0.1) is 0 Å². The molecular formula is C20H24BrN5O2S. The Kier molecular flexibility index (Phi) is 8.33. The molecule has 0 atom stereocenters. The topological polar surface area (TPSA) is 74.1 Å². The molecule has 2 aromatic carbocycles. The molecule has 0 aliphatic rings. The first kappa shape index (κ1) is 21.6. The maximum Gasteiger partial charge on any atom is 0.214 e. The zero-order valence-corrected chi connectivity index (χ0v) is 18.9. The molecular weight excluding hydrogens is 454 g/mol. The minimum absolute atomic E-state index is 0.603. The van der Waals surface area contributed by atoms with Gasteiger partial charge in [0.25, 0.3) is 0 Å². The van der Waals surface area contributed by atoms with E-state index in [1.165, 1.54) is 0 Å². The average Bonchev–Trinajstić information content (AvgIpc) is 3.21. The molecule has 0 aliphatic heterocycles. The summed E-state index contributed by atoms with van der Waals surface area (Å²) in [6.07, 6.45) is 0.998. The van der Waals surface area contributed by atoms with E-state index in [9.17, 15) is 0 Å². The number of para-hydroxylation sites is 1. The van der Waals surface area contributed by atoms with E-state index >= 15 is 0 Å². The summed E-state index contributed by atoms with van der Waals surface area (Å²) < 4.78 is 13.8. The normalized spacial score (nSPS) is 10.9. The van der Waals surface area contributed by atoms with Gasteiger partial charge in [-0.2, -0.15) is 4.68 Å². The molecule has 9 heteroatoms. The van der Waals surface area contributed by atoms with Crippen LogP contribution in [0.5, 0.6) is 11.5 Å². The summed E-state index contributed by atoms with van der Waals surface area (Å²) in [7, 11) is 1.66. The molecule has 3 rings (SSSR count). The first-order valence-electron chi connectivity index (χ1n) is 9.39. The third-order valence-corrected chi connectivity index (χ3v) is 5.86. The van der Waals surface area contributed by atoms with Crippen molar-refractivity contribution in [1.29, 1.82) is 0 Å². The largest absolute Gasteiger partial charge is 0.493 e. The minimum Gasteiger partial charge on any atom is -0.493 e. The number of halogens is 1. The maximum atomic E-state index is 5.60. The van der Waals surface area contributed by atoms with Crippen molar-refractivity contribution in [2.24, 2.45) is 0 Å². The van der Waals surface area contributed by atoms with Gasteiger partial charge in [0.05, 0.1) is 19.4 Å². The number of nitrogens with zero attached hydrogens (tertiary/aromatic N) is 4. The van der Waals surface area contributed by atoms with Crippen LogP contribution in [-0.4, -0.2) is 46.2 Å². The number of rotatable bonds is 11. The Morgan fingerprint density at radius 1 is 1.17 bits per heavy atom. The Morgan fingerprint density at radius 3 is 2.76 bits per heavy atom. The number of nitrogens with one attached hydrogen (secondary N) is 1. The molecule has 0 spiro atoms. The molecule has 0 fully saturated rings. The van der Waals surface area contributed by atoms with E-state index in [1.807, 2.05) is 49.4 Å². The molecule has 3 aromatic rings. The number of ether oxygens (including phenoxy) is 2. The molecule has 0 saturated carbocycles. The standard InChI is InChI=1S/C20H24BrN5O2S/c1-3-28-19-13-17(21)15(12-18(19)27-2)14-22-10-7-11-29-20-23-24-25-26(20)16-8-5-4-6-9-16/h4-6,8-9,12-13,22H,3,7,10-11,14H2,1-2H3. The molecule has 0 radical (unpaired) electrons. The molecule has 1 aromatic heterocycles. The fourth-order valence-electron chi connectivity index (χ4n) is 2.72. The highest BCUT2D eigenvalue weighted by atomic mass is 79.9. The van der Waals surface area contributed by atoms with Gasteiger partial charge in [-0.1, -0.05) is 45.9 Å². The van der Waals surface area contributed by atoms with E-state index < -0.39 is 0 Å². The SMILES string of the molecule is CCOc1cc(Br)c(CNCCCSc2nnnn2-c2ccccc2)cc1OC. The smallest absolute Gasteiger partial charge is 0.214 e. The molecule has 0 bridgehead atoms. The first-order valence-corrected chi connectivity index (χ1v) is 11.2. The number of thioether (sulfide) groups is 1. The summed E-state index contributed by atoms with van der Waals surface area (Å²) >= 11 is 5.27. The van der Waals surface area contributed by atoms with Gasteiger partial charge in [0.1, 0.15) is 0 Å². The van der Waals surface area contributed by atoms with E-state index in [1.54, 1.807) is 23.6 Å². The Morgan fingerprint density at radius 2 is 2.00 bits per heavy atom. The number of hydrogen-bond acceptors (Lipinski definition) is 7. The Hall–Kier alpha value is -2.10. The van der Waals surface area contributed by atoms with Gasteiger partial charge in [0, 0.05) is 16.8 Å². The monoisotopic (exact) mass is 477 g/mol. The van der Waals surface area contributed by atoms with Gasteiger partial charge in [0.15, 0.2) is 11.5 Å². The quantitative estimate of drug-likeness (QED) is 0.329. The van der Waals surface area contributed by atoms with Gasteiger partial charge >= 0.3 is 0 Å². The van der Waals surface area contributed by atoms with Crippen molar-refractivity contribution in [3.63, 3.8) is 0 Å². The summed E-state index contributed by atoms with van der Waals surface area (Å²) in [6.45, 7) is 4.20. The molecule has 29 heavy (non-hydrogen) atoms. The number of benzene rings is 2. The van der Waals surface area contributed by atoms with Crippen molar-refractivity contribution < 1.29 is 9.47 Å². The van der Waals surface area contributed by atoms with Gasteiger partial charge in [0.2, 0.25) is 5.16 Å². The second kappa shape index (κ2) is 11.2. The van der Waals surface area contributed by atoms with E-state index in [-0.39, 0.29) is 0 Å². The molecule has 7 nitrogen and oxygen atoms in total. The van der Waals surface area contributed by atoms with Gasteiger partial charge in [-0.3, -0.25) is 0 Å². The van der Waals surface area contributed by atoms with Crippen molar-refractivity contribution in [3.05, 3.63) is 52.5 Å². The van der Waals surface area contributed by atoms with Crippen LogP contribution in [0.3, 0.4) is 0 Å². The molecule has 0 saturated heterocycles. The molecule has 0 amide bonds. The van der Waals surface area contributed by atoms with E-state index in [2.05, 4.69) is 36.8 Å². The lowest BCUT2D eigenvalue weighted by atomic mass is 10.2. The van der Waals surface area contributed by atoms with Crippen molar-refractivity contribution >= 4 is 27.7 Å². The van der Waals surface area contributed by atoms with E-state index in [0.29, 0.717) is 6.61 Å². The van der Waals surface area contributed by atoms with Crippen molar-refractivity contribution in [2.75, 3.05) is 26.0 Å². The minimum atomic E-state index is 0.603. The predicted molar refractivity (Wildman–Crippen MR) is 118 cm³/mol. The van der Waals surface area contributed by atoms with Crippen LogP contribution in [-0.2, 0) is 6.54 Å². The van der Waals surface area contributed by atoms with Crippen LogP contribution >= 0.6 is 27.7 Å². The Labute approximate surface area is 183 Å². The zero-order chi connectivity index (χ0) is 20.5. The summed E-state index contributed by atoms with van der Waals surface area (Å²) in [6, 6.07) is 13.9. The highest BCUT2D eigenvalue weighted by molar-refractivity contribution is 9.10. The Bertz CT molecular complexity index is 907. The van der Waals surface area contributed by atoms with Crippen LogP contribution in [0.25, 0.3) is 5.69 Å². The molecule has 1 N–H and O–H groups in total. The van der Waals surface area contributed by atoms with Crippen molar-refractivity contribution in [2.45, 2.75) is 25.0 Å². The van der Waals surface area contributed by atoms with Crippen LogP contribution in [0.4, 0.5) is 0 Å². The van der Waals surface area contributed by atoms with Gasteiger partial charge in [-0.15, -0.1) is 5.10 Å². The number of tetrazole rings is 1. The highest BCUT2D eigenvalue weighted by Gasteiger charge is 2.10. The molecule has 1 heterocycles. The van der Waals surface area contributed by atoms with Crippen molar-refractivity contribution in [1.82, 2.24) is 25.5 Å². The summed E-state index contributed by atoms with van der Waals surface area (Å²) in [5.41, 5.74) is 2.10. The van der Waals surface area contributed by atoms with E-state index in [0.717, 1.165) is 57.6 Å². The lowest BCUT2D eigenvalue weighted by Crippen LogP contribution is -2.16. The van der Waals surface area contributed by atoms with Crippen LogP contribution in [0.15, 0.2) is 52.1 Å². The van der Waals surface area contributed by atoms with Gasteiger partial charge < -0.3 is 14.8 Å². The average molecular weight is 478 g/mol. The fourth-order valence-corrected chi connectivity index (χ4v) is 4.02. The highest BCUT2D eigenvalue weighted by Crippen LogP contribution is 2.33. The molecule has 0 unspecified atom stereocenters. The van der Waals surface area contributed by atoms with Gasteiger partial charge in [-0.05, 0) is 60.1 Å². The third kappa shape index (κ3) is 5.94. The number of methoxy groups -OCH3 is 1. The first-order chi connectivity index (χ1) is 14.2. The summed E-state index contributed by atoms with van der Waals surface area (Å²) in [5.74, 6) is 2.42. The fraction of sp³-hybridized carbons (Fsp3) is 0.350. The van der Waals surface area contributed by atoms with Crippen LogP contribution in [0.1, 0.15) is 18.9 Å². The zero-order valence-electron chi connectivity index (χ0n) is 16.5. The lowest BCUT2D eigenvalue weighted by molar-refractivity contribution is 0.310. The van der Waals surface area contributed by atoms with E-state index in [4.69, 9.17) is 9.47 Å². The summed E-state index contributed by atoms with van der Waals surface area (Å²) in [4.78, 5) is 0. The molecule has 154 valence electrons. The third-order valence-electron chi connectivity index (χ3n) is 4.12. The van der Waals surface area contributed by atoms with Crippen LogP contribution in [0.2, 0.25) is 0 Å². The van der Waals surface area contributed by atoms with Crippen LogP contribution < -0.4 is 14.8 Å². The van der Waals surface area contributed by atoms with Crippen molar-refractivity contribution in [3.8, 4) is 17.2 Å². The second-order valence-corrected chi connectivity index (χ2v) is 8.03. The Balaban J connectivity index is 1.45. The summed E-state index contributed by atoms with van der Waals surface area (Å²) in [5, 5.41) is 16.3. The predicted octanol–water partition coefficient (Wildman–Crippen LogP) is 4.10. The molecule has 0 aliphatic carbocycles. The second-order valence-electron chi connectivity index (χ2n) is 6.12. The lowest BCUT2D eigenvalue weighted by Gasteiger charge is -2.13. The number of hydrogen-bond donors (Lipinski definition) is 1. The maximum absolute atomic E-state index is 5.60.